The summed E-state index contributed by atoms with van der Waals surface area (Å²) < 4.78 is 0. The maximum atomic E-state index is 11.4. The van der Waals surface area contributed by atoms with Crippen LogP contribution in [0.2, 0.25) is 5.02 Å². The Morgan fingerprint density at radius 1 is 1.21 bits per heavy atom. The molecule has 3 nitrogen and oxygen atoms in total. The van der Waals surface area contributed by atoms with Crippen molar-refractivity contribution in [3.63, 3.8) is 0 Å². The van der Waals surface area contributed by atoms with Gasteiger partial charge in [0, 0.05) is 35.1 Å². The van der Waals surface area contributed by atoms with Gasteiger partial charge in [-0.1, -0.05) is 24.6 Å². The van der Waals surface area contributed by atoms with Crippen molar-refractivity contribution in [3.05, 3.63) is 64.2 Å². The molecular formula is C24H27ClN2O. The van der Waals surface area contributed by atoms with Crippen LogP contribution in [0.4, 0.5) is 11.4 Å². The number of Topliss-reactive ketones (excluding diaryl/α,β-unsaturated/α-hetero) is 1. The van der Waals surface area contributed by atoms with Crippen LogP contribution >= 0.6 is 11.6 Å². The Morgan fingerprint density at radius 2 is 1.89 bits per heavy atom. The van der Waals surface area contributed by atoms with E-state index < -0.39 is 0 Å². The van der Waals surface area contributed by atoms with Crippen LogP contribution < -0.4 is 4.90 Å². The number of ketones is 1. The molecule has 2 aromatic carbocycles. The fourth-order valence-electron chi connectivity index (χ4n) is 3.77. The molecule has 0 saturated carbocycles. The predicted molar refractivity (Wildman–Crippen MR) is 121 cm³/mol. The second-order valence-electron chi connectivity index (χ2n) is 7.88. The molecule has 0 radical (unpaired) electrons. The molecule has 3 rings (SSSR count). The largest absolute Gasteiger partial charge is 0.362 e. The highest BCUT2D eigenvalue weighted by atomic mass is 35.5. The van der Waals surface area contributed by atoms with E-state index in [1.54, 1.807) is 25.3 Å². The maximum Gasteiger partial charge on any atom is 0.159 e. The van der Waals surface area contributed by atoms with Gasteiger partial charge in [0.1, 0.15) is 0 Å². The summed E-state index contributed by atoms with van der Waals surface area (Å²) in [4.78, 5) is 18.4. The number of hydrogen-bond acceptors (Lipinski definition) is 3. The van der Waals surface area contributed by atoms with Crippen LogP contribution in [0.1, 0.15) is 62.5 Å². The highest BCUT2D eigenvalue weighted by Gasteiger charge is 2.31. The lowest BCUT2D eigenvalue weighted by atomic mass is 9.88. The molecule has 0 bridgehead atoms. The third-order valence-electron chi connectivity index (χ3n) is 5.17. The van der Waals surface area contributed by atoms with Gasteiger partial charge < -0.3 is 4.90 Å². The fraction of sp³-hybridized carbons (Fsp3) is 0.333. The first-order valence-electron chi connectivity index (χ1n) is 9.69. The zero-order chi connectivity index (χ0) is 20.5. The van der Waals surface area contributed by atoms with Gasteiger partial charge in [0.2, 0.25) is 0 Å². The van der Waals surface area contributed by atoms with E-state index >= 15 is 0 Å². The summed E-state index contributed by atoms with van der Waals surface area (Å²) in [7, 11) is 0. The van der Waals surface area contributed by atoms with Crippen molar-refractivity contribution in [2.45, 2.75) is 46.6 Å². The molecule has 4 heteroatoms. The lowest BCUT2D eigenvalue weighted by Crippen LogP contribution is -2.45. The predicted octanol–water partition coefficient (Wildman–Crippen LogP) is 6.71. The minimum atomic E-state index is -0.0372. The van der Waals surface area contributed by atoms with Crippen molar-refractivity contribution in [1.29, 1.82) is 0 Å². The molecule has 1 aliphatic rings. The number of halogens is 1. The van der Waals surface area contributed by atoms with Crippen LogP contribution in [-0.4, -0.2) is 24.1 Å². The number of anilines is 1. The number of nitrogens with zero attached hydrogens (tertiary/aromatic N) is 2. The molecule has 0 spiro atoms. The molecule has 0 unspecified atom stereocenters. The number of allylic oxidation sites excluding steroid dienone is 1. The summed E-state index contributed by atoms with van der Waals surface area (Å²) in [6.07, 6.45) is 5.19. The first-order valence-corrected chi connectivity index (χ1v) is 10.1. The average molecular weight is 395 g/mol. The third kappa shape index (κ3) is 4.05. The highest BCUT2D eigenvalue weighted by molar-refractivity contribution is 6.33. The summed E-state index contributed by atoms with van der Waals surface area (Å²) in [5.74, 6) is 0.0510. The molecule has 1 aliphatic heterocycles. The Morgan fingerprint density at radius 3 is 2.50 bits per heavy atom. The number of rotatable bonds is 5. The van der Waals surface area contributed by atoms with Gasteiger partial charge in [-0.2, -0.15) is 0 Å². The molecule has 0 aromatic heterocycles. The number of hydrogen-bond donors (Lipinski definition) is 0. The molecule has 146 valence electrons. The van der Waals surface area contributed by atoms with Crippen molar-refractivity contribution in [1.82, 2.24) is 0 Å². The number of carbonyl (C=O) groups excluding carboxylic acids is 1. The average Bonchev–Trinajstić information content (AvgIpc) is 2.63. The number of aliphatic imine (C=N–C) groups is 1. The highest BCUT2D eigenvalue weighted by Crippen LogP contribution is 2.41. The molecule has 0 amide bonds. The van der Waals surface area contributed by atoms with E-state index in [0.717, 1.165) is 24.2 Å². The van der Waals surface area contributed by atoms with Crippen LogP contribution in [0.5, 0.6) is 0 Å². The van der Waals surface area contributed by atoms with Gasteiger partial charge in [-0.3, -0.25) is 9.79 Å². The van der Waals surface area contributed by atoms with Gasteiger partial charge in [0.25, 0.3) is 0 Å². The fourth-order valence-corrected chi connectivity index (χ4v) is 3.98. The van der Waals surface area contributed by atoms with Crippen molar-refractivity contribution in [2.75, 3.05) is 11.4 Å². The van der Waals surface area contributed by atoms with Crippen molar-refractivity contribution in [2.24, 2.45) is 4.99 Å². The Hall–Kier alpha value is -2.39. The van der Waals surface area contributed by atoms with Gasteiger partial charge >= 0.3 is 0 Å². The first-order chi connectivity index (χ1) is 13.2. The minimum absolute atomic E-state index is 0.0372. The number of fused-ring (bicyclic) bond motifs is 1. The van der Waals surface area contributed by atoms with Crippen LogP contribution in [0.25, 0.3) is 5.57 Å². The SMILES string of the molecule is CCCN1c2cc(Cl)c(C=Nc3ccc(C(C)=O)cc3)cc2C(C)=CC1(C)C. The minimum Gasteiger partial charge on any atom is -0.362 e. The standard InChI is InChI=1S/C24H27ClN2O/c1-6-11-27-23-13-22(25)19(12-21(23)16(2)14-24(27,4)5)15-26-20-9-7-18(8-10-20)17(3)28/h7-10,12-15H,6,11H2,1-5H3. The molecule has 2 aromatic rings. The Labute approximate surface area is 172 Å². The smallest absolute Gasteiger partial charge is 0.159 e. The zero-order valence-corrected chi connectivity index (χ0v) is 18.0. The molecule has 0 aliphatic carbocycles. The van der Waals surface area contributed by atoms with Crippen LogP contribution in [-0.2, 0) is 0 Å². The molecule has 0 atom stereocenters. The van der Waals surface area contributed by atoms with Crippen LogP contribution in [0.15, 0.2) is 47.5 Å². The summed E-state index contributed by atoms with van der Waals surface area (Å²) >= 11 is 6.62. The van der Waals surface area contributed by atoms with E-state index in [-0.39, 0.29) is 11.3 Å². The second kappa shape index (κ2) is 7.92. The zero-order valence-electron chi connectivity index (χ0n) is 17.2. The monoisotopic (exact) mass is 394 g/mol. The van der Waals surface area contributed by atoms with Crippen molar-refractivity contribution in [3.8, 4) is 0 Å². The van der Waals surface area contributed by atoms with Crippen LogP contribution in [0.3, 0.4) is 0 Å². The normalized spacial score (nSPS) is 15.5. The van der Waals surface area contributed by atoms with Crippen LogP contribution in [0, 0.1) is 0 Å². The molecule has 0 saturated heterocycles. The topological polar surface area (TPSA) is 32.7 Å². The van der Waals surface area contributed by atoms with Gasteiger partial charge in [-0.05, 0) is 76.1 Å². The number of benzene rings is 2. The van der Waals surface area contributed by atoms with E-state index in [9.17, 15) is 4.79 Å². The van der Waals surface area contributed by atoms with E-state index in [1.807, 2.05) is 12.1 Å². The third-order valence-corrected chi connectivity index (χ3v) is 5.50. The quantitative estimate of drug-likeness (QED) is 0.417. The van der Waals surface area contributed by atoms with Gasteiger partial charge in [-0.25, -0.2) is 0 Å². The first kappa shape index (κ1) is 20.3. The lowest BCUT2D eigenvalue weighted by Gasteiger charge is -2.43. The second-order valence-corrected chi connectivity index (χ2v) is 8.29. The Bertz CT molecular complexity index is 955. The summed E-state index contributed by atoms with van der Waals surface area (Å²) in [5, 5.41) is 0.689. The summed E-state index contributed by atoms with van der Waals surface area (Å²) in [5.41, 5.74) is 5.96. The van der Waals surface area contributed by atoms with E-state index in [4.69, 9.17) is 11.6 Å². The summed E-state index contributed by atoms with van der Waals surface area (Å²) in [6, 6.07) is 11.5. The van der Waals surface area contributed by atoms with Crippen molar-refractivity contribution < 1.29 is 4.79 Å². The molecule has 28 heavy (non-hydrogen) atoms. The van der Waals surface area contributed by atoms with E-state index in [2.05, 4.69) is 55.8 Å². The van der Waals surface area contributed by atoms with Gasteiger partial charge in [0.15, 0.2) is 5.78 Å². The molecular weight excluding hydrogens is 368 g/mol. The van der Waals surface area contributed by atoms with Gasteiger partial charge in [0.05, 0.1) is 16.2 Å². The molecule has 0 fully saturated rings. The summed E-state index contributed by atoms with van der Waals surface area (Å²) in [6.45, 7) is 11.4. The molecule has 1 heterocycles. The Kier molecular flexibility index (Phi) is 5.76. The van der Waals surface area contributed by atoms with E-state index in [0.29, 0.717) is 10.6 Å². The lowest BCUT2D eigenvalue weighted by molar-refractivity contribution is 0.101. The van der Waals surface area contributed by atoms with E-state index in [1.165, 1.54) is 16.8 Å². The molecule has 0 N–H and O–H groups in total. The maximum absolute atomic E-state index is 11.4. The Balaban J connectivity index is 1.96. The van der Waals surface area contributed by atoms with Crippen molar-refractivity contribution >= 4 is 40.5 Å². The number of carbonyl (C=O) groups is 1. The van der Waals surface area contributed by atoms with Gasteiger partial charge in [-0.15, -0.1) is 0 Å².